The molecule has 0 unspecified atom stereocenters. The predicted octanol–water partition coefficient (Wildman–Crippen LogP) is 1.84. The van der Waals surface area contributed by atoms with Crippen molar-refractivity contribution in [1.82, 2.24) is 0 Å². The molecular weight excluding hydrogens is 164 g/mol. The zero-order chi connectivity index (χ0) is 9.10. The minimum absolute atomic E-state index is 0.123. The van der Waals surface area contributed by atoms with Crippen LogP contribution in [0.5, 0.6) is 5.75 Å². The van der Waals surface area contributed by atoms with Crippen LogP contribution in [0.1, 0.15) is 12.0 Å². The molecule has 0 aliphatic carbocycles. The van der Waals surface area contributed by atoms with Gasteiger partial charge in [0.05, 0.1) is 13.2 Å². The molecule has 13 heavy (non-hydrogen) atoms. The largest absolute Gasteiger partial charge is 0.493 e. The van der Waals surface area contributed by atoms with Crippen LogP contribution in [0.4, 0.5) is 0 Å². The smallest absolute Gasteiger partial charge is 0.126 e. The summed E-state index contributed by atoms with van der Waals surface area (Å²) in [5.74, 6) is 0.908. The van der Waals surface area contributed by atoms with Gasteiger partial charge in [-0.05, 0) is 17.7 Å². The minimum atomic E-state index is 0.123. The molecule has 0 atom stereocenters. The van der Waals surface area contributed by atoms with Gasteiger partial charge in [-0.15, -0.1) is 0 Å². The van der Waals surface area contributed by atoms with E-state index >= 15 is 0 Å². The van der Waals surface area contributed by atoms with Crippen molar-refractivity contribution >= 4 is 6.08 Å². The van der Waals surface area contributed by atoms with Gasteiger partial charge in [0.15, 0.2) is 0 Å². The van der Waals surface area contributed by atoms with Crippen LogP contribution in [0.15, 0.2) is 29.8 Å². The normalized spacial score (nSPS) is 15.3. The fourth-order valence-corrected chi connectivity index (χ4v) is 1.44. The fraction of sp³-hybridized carbons (Fsp3) is 0.273. The maximum absolute atomic E-state index is 9.02. The van der Waals surface area contributed by atoms with Crippen molar-refractivity contribution in [3.63, 3.8) is 0 Å². The van der Waals surface area contributed by atoms with Crippen LogP contribution >= 0.6 is 0 Å². The number of hydrogen-bond acceptors (Lipinski definition) is 2. The molecule has 1 heterocycles. The highest BCUT2D eigenvalue weighted by Gasteiger charge is 2.07. The Bertz CT molecular complexity index is 329. The number of hydrogen-bond donors (Lipinski definition) is 1. The maximum Gasteiger partial charge on any atom is 0.126 e. The number of ether oxygens (including phenoxy) is 1. The third-order valence-electron chi connectivity index (χ3n) is 2.16. The van der Waals surface area contributed by atoms with Gasteiger partial charge >= 0.3 is 0 Å². The monoisotopic (exact) mass is 176 g/mol. The highest BCUT2D eigenvalue weighted by Crippen LogP contribution is 2.24. The van der Waals surface area contributed by atoms with Gasteiger partial charge in [0.25, 0.3) is 0 Å². The van der Waals surface area contributed by atoms with E-state index < -0.39 is 0 Å². The average molecular weight is 176 g/mol. The zero-order valence-corrected chi connectivity index (χ0v) is 7.36. The van der Waals surface area contributed by atoms with Crippen molar-refractivity contribution in [3.8, 4) is 5.75 Å². The molecule has 2 rings (SSSR count). The zero-order valence-electron chi connectivity index (χ0n) is 7.36. The summed E-state index contributed by atoms with van der Waals surface area (Å²) in [5, 5.41) is 9.02. The molecule has 0 radical (unpaired) electrons. The molecule has 1 aliphatic heterocycles. The highest BCUT2D eigenvalue weighted by atomic mass is 16.5. The molecule has 0 saturated heterocycles. The average Bonchev–Trinajstić information content (AvgIpc) is 2.38. The van der Waals surface area contributed by atoms with Crippen molar-refractivity contribution in [2.24, 2.45) is 0 Å². The van der Waals surface area contributed by atoms with E-state index in [9.17, 15) is 0 Å². The lowest BCUT2D eigenvalue weighted by atomic mass is 10.1. The molecule has 1 aliphatic rings. The maximum atomic E-state index is 9.02. The van der Waals surface area contributed by atoms with Crippen LogP contribution in [0.2, 0.25) is 0 Å². The minimum Gasteiger partial charge on any atom is -0.493 e. The van der Waals surface area contributed by atoms with Crippen LogP contribution < -0.4 is 4.74 Å². The number of fused-ring (bicyclic) bond motifs is 1. The van der Waals surface area contributed by atoms with E-state index in [0.717, 1.165) is 23.3 Å². The lowest BCUT2D eigenvalue weighted by molar-refractivity contribution is 0.297. The lowest BCUT2D eigenvalue weighted by Crippen LogP contribution is -1.98. The quantitative estimate of drug-likeness (QED) is 0.707. The summed E-state index contributed by atoms with van der Waals surface area (Å²) in [6, 6.07) is 7.87. The molecule has 0 spiro atoms. The summed E-state index contributed by atoms with van der Waals surface area (Å²) >= 11 is 0. The van der Waals surface area contributed by atoms with Crippen molar-refractivity contribution in [1.29, 1.82) is 0 Å². The number of para-hydroxylation sites is 1. The Kier molecular flexibility index (Phi) is 2.32. The molecular formula is C11H12O2. The number of aliphatic hydroxyl groups is 1. The van der Waals surface area contributed by atoms with Crippen molar-refractivity contribution in [3.05, 3.63) is 35.4 Å². The number of aliphatic hydroxyl groups excluding tert-OH is 1. The van der Waals surface area contributed by atoms with E-state index in [0.29, 0.717) is 6.61 Å². The molecule has 1 N–H and O–H groups in total. The van der Waals surface area contributed by atoms with Gasteiger partial charge in [-0.2, -0.15) is 0 Å². The Morgan fingerprint density at radius 1 is 1.31 bits per heavy atom. The lowest BCUT2D eigenvalue weighted by Gasteiger charge is -2.03. The SMILES string of the molecule is OCC1=Cc2ccccc2OCC1. The van der Waals surface area contributed by atoms with E-state index in [4.69, 9.17) is 9.84 Å². The van der Waals surface area contributed by atoms with Gasteiger partial charge in [0, 0.05) is 12.0 Å². The molecule has 0 amide bonds. The Labute approximate surface area is 77.5 Å². The summed E-state index contributed by atoms with van der Waals surface area (Å²) in [5.41, 5.74) is 2.09. The molecule has 2 heteroatoms. The van der Waals surface area contributed by atoms with E-state index in [1.807, 2.05) is 30.3 Å². The standard InChI is InChI=1S/C11H12O2/c12-8-9-5-6-13-11-4-2-1-3-10(11)7-9/h1-4,7,12H,5-6,8H2. The second-order valence-corrected chi connectivity index (χ2v) is 3.10. The topological polar surface area (TPSA) is 29.5 Å². The second-order valence-electron chi connectivity index (χ2n) is 3.10. The van der Waals surface area contributed by atoms with Gasteiger partial charge < -0.3 is 9.84 Å². The fourth-order valence-electron chi connectivity index (χ4n) is 1.44. The molecule has 2 nitrogen and oxygen atoms in total. The number of benzene rings is 1. The summed E-state index contributed by atoms with van der Waals surface area (Å²) in [4.78, 5) is 0. The first-order chi connectivity index (χ1) is 6.40. The molecule has 1 aromatic carbocycles. The molecule has 1 aromatic rings. The van der Waals surface area contributed by atoms with Crippen LogP contribution in [-0.2, 0) is 0 Å². The first-order valence-corrected chi connectivity index (χ1v) is 4.42. The van der Waals surface area contributed by atoms with Crippen LogP contribution in [0, 0.1) is 0 Å². The summed E-state index contributed by atoms with van der Waals surface area (Å²) in [6.07, 6.45) is 2.81. The Morgan fingerprint density at radius 3 is 3.00 bits per heavy atom. The third kappa shape index (κ3) is 1.73. The first-order valence-electron chi connectivity index (χ1n) is 4.42. The summed E-state index contributed by atoms with van der Waals surface area (Å²) in [6.45, 7) is 0.779. The van der Waals surface area contributed by atoms with Crippen molar-refractivity contribution < 1.29 is 9.84 Å². The summed E-state index contributed by atoms with van der Waals surface area (Å²) < 4.78 is 5.52. The molecule has 0 bridgehead atoms. The van der Waals surface area contributed by atoms with Crippen molar-refractivity contribution in [2.45, 2.75) is 6.42 Å². The molecule has 0 aromatic heterocycles. The van der Waals surface area contributed by atoms with Crippen LogP contribution in [-0.4, -0.2) is 18.3 Å². The van der Waals surface area contributed by atoms with Gasteiger partial charge in [-0.25, -0.2) is 0 Å². The molecule has 68 valence electrons. The van der Waals surface area contributed by atoms with Gasteiger partial charge in [-0.3, -0.25) is 0 Å². The predicted molar refractivity (Wildman–Crippen MR) is 51.6 cm³/mol. The third-order valence-corrected chi connectivity index (χ3v) is 2.16. The van der Waals surface area contributed by atoms with Crippen LogP contribution in [0.25, 0.3) is 6.08 Å². The van der Waals surface area contributed by atoms with E-state index in [2.05, 4.69) is 0 Å². The van der Waals surface area contributed by atoms with E-state index in [-0.39, 0.29) is 6.61 Å². The highest BCUT2D eigenvalue weighted by molar-refractivity contribution is 5.60. The van der Waals surface area contributed by atoms with Crippen molar-refractivity contribution in [2.75, 3.05) is 13.2 Å². The molecule has 0 fully saturated rings. The van der Waals surface area contributed by atoms with E-state index in [1.165, 1.54) is 0 Å². The Morgan fingerprint density at radius 2 is 2.15 bits per heavy atom. The van der Waals surface area contributed by atoms with Gasteiger partial charge in [-0.1, -0.05) is 18.2 Å². The van der Waals surface area contributed by atoms with E-state index in [1.54, 1.807) is 0 Å². The summed E-state index contributed by atoms with van der Waals surface area (Å²) in [7, 11) is 0. The first kappa shape index (κ1) is 8.32. The second kappa shape index (κ2) is 3.62. The van der Waals surface area contributed by atoms with Gasteiger partial charge in [0.1, 0.15) is 5.75 Å². The Hall–Kier alpha value is -1.28. The number of rotatable bonds is 1. The van der Waals surface area contributed by atoms with Gasteiger partial charge in [0.2, 0.25) is 0 Å². The Balaban J connectivity index is 2.40. The molecule has 0 saturated carbocycles. The van der Waals surface area contributed by atoms with Crippen LogP contribution in [0.3, 0.4) is 0 Å².